The van der Waals surface area contributed by atoms with Crippen molar-refractivity contribution < 1.29 is 0 Å². The van der Waals surface area contributed by atoms with Crippen LogP contribution in [0.4, 0.5) is 5.69 Å². The topological polar surface area (TPSA) is 24.1 Å². The monoisotopic (exact) mass is 336 g/mol. The van der Waals surface area contributed by atoms with Crippen LogP contribution in [-0.2, 0) is 0 Å². The molecule has 4 rings (SSSR count). The van der Waals surface area contributed by atoms with E-state index in [4.69, 9.17) is 0 Å². The van der Waals surface area contributed by atoms with Crippen LogP contribution in [-0.4, -0.2) is 6.54 Å². The van der Waals surface area contributed by atoms with E-state index in [1.165, 1.54) is 23.2 Å². The van der Waals surface area contributed by atoms with Gasteiger partial charge >= 0.3 is 0 Å². The molecule has 2 aromatic rings. The number of fused-ring (bicyclic) bond motifs is 3. The molecule has 2 aliphatic rings. The fourth-order valence-corrected chi connectivity index (χ4v) is 3.95. The van der Waals surface area contributed by atoms with Crippen molar-refractivity contribution in [1.29, 1.82) is 0 Å². The van der Waals surface area contributed by atoms with Gasteiger partial charge in [-0.25, -0.2) is 0 Å². The van der Waals surface area contributed by atoms with Crippen molar-refractivity contribution >= 4 is 30.5 Å². The summed E-state index contributed by atoms with van der Waals surface area (Å²) in [4.78, 5) is 0. The minimum Gasteiger partial charge on any atom is -0.377 e. The minimum atomic E-state index is 0. The molecular weight excluding hydrogens is 315 g/mol. The average molecular weight is 337 g/mol. The van der Waals surface area contributed by atoms with Gasteiger partial charge in [0.1, 0.15) is 0 Å². The van der Waals surface area contributed by atoms with Crippen molar-refractivity contribution in [1.82, 2.24) is 5.32 Å². The summed E-state index contributed by atoms with van der Waals surface area (Å²) < 4.78 is 0. The van der Waals surface area contributed by atoms with Crippen LogP contribution in [0.15, 0.2) is 54.6 Å². The first-order chi connectivity index (χ1) is 9.79. The molecule has 0 spiro atoms. The highest BCUT2D eigenvalue weighted by molar-refractivity contribution is 5.85. The Bertz CT molecular complexity index is 632. The zero-order valence-corrected chi connectivity index (χ0v) is 14.2. The summed E-state index contributed by atoms with van der Waals surface area (Å²) in [6.45, 7) is 3.51. The molecule has 118 valence electrons. The largest absolute Gasteiger partial charge is 0.377 e. The Hall–Kier alpha value is -1.22. The van der Waals surface area contributed by atoms with Crippen LogP contribution in [0.25, 0.3) is 0 Å². The Morgan fingerprint density at radius 1 is 0.909 bits per heavy atom. The van der Waals surface area contributed by atoms with E-state index in [1.54, 1.807) is 0 Å². The van der Waals surface area contributed by atoms with Crippen LogP contribution >= 0.6 is 24.8 Å². The zero-order valence-electron chi connectivity index (χ0n) is 12.6. The standard InChI is InChI=1S/C18H20N2.2ClH/c1-18-11-12-19-17(18)14-9-5-6-10-15(14)20-16(18)13-7-3-2-4-8-13;;/h2-10,16-17,19-20H,11-12H2,1H3;2*1H. The van der Waals surface area contributed by atoms with Crippen LogP contribution in [0.3, 0.4) is 0 Å². The highest BCUT2D eigenvalue weighted by Gasteiger charge is 2.49. The predicted octanol–water partition coefficient (Wildman–Crippen LogP) is 4.74. The molecule has 0 amide bonds. The molecule has 1 fully saturated rings. The fraction of sp³-hybridized carbons (Fsp3) is 0.333. The number of benzene rings is 2. The van der Waals surface area contributed by atoms with Gasteiger partial charge in [-0.15, -0.1) is 24.8 Å². The van der Waals surface area contributed by atoms with Crippen molar-refractivity contribution in [3.05, 3.63) is 65.7 Å². The smallest absolute Gasteiger partial charge is 0.0586 e. The Labute approximate surface area is 144 Å². The van der Waals surface area contributed by atoms with Gasteiger partial charge in [0.25, 0.3) is 0 Å². The van der Waals surface area contributed by atoms with E-state index in [-0.39, 0.29) is 30.2 Å². The van der Waals surface area contributed by atoms with E-state index in [2.05, 4.69) is 72.2 Å². The summed E-state index contributed by atoms with van der Waals surface area (Å²) >= 11 is 0. The van der Waals surface area contributed by atoms with Crippen molar-refractivity contribution in [2.75, 3.05) is 11.9 Å². The highest BCUT2D eigenvalue weighted by Crippen LogP contribution is 2.55. The lowest BCUT2D eigenvalue weighted by molar-refractivity contribution is 0.227. The van der Waals surface area contributed by atoms with Gasteiger partial charge in [-0.3, -0.25) is 0 Å². The molecule has 2 nitrogen and oxygen atoms in total. The molecule has 3 unspecified atom stereocenters. The lowest BCUT2D eigenvalue weighted by atomic mass is 9.68. The fourth-order valence-electron chi connectivity index (χ4n) is 3.95. The molecule has 1 saturated heterocycles. The van der Waals surface area contributed by atoms with Crippen LogP contribution < -0.4 is 10.6 Å². The number of hydrogen-bond acceptors (Lipinski definition) is 2. The van der Waals surface area contributed by atoms with E-state index in [9.17, 15) is 0 Å². The maximum atomic E-state index is 3.79. The summed E-state index contributed by atoms with van der Waals surface area (Å²) in [7, 11) is 0. The molecule has 22 heavy (non-hydrogen) atoms. The number of anilines is 1. The predicted molar refractivity (Wildman–Crippen MR) is 97.2 cm³/mol. The highest BCUT2D eigenvalue weighted by atomic mass is 35.5. The van der Waals surface area contributed by atoms with Crippen molar-refractivity contribution in [2.24, 2.45) is 5.41 Å². The lowest BCUT2D eigenvalue weighted by Gasteiger charge is -2.45. The number of halogens is 2. The second-order valence-corrected chi connectivity index (χ2v) is 6.22. The second-order valence-electron chi connectivity index (χ2n) is 6.22. The third-order valence-corrected chi connectivity index (χ3v) is 5.04. The molecule has 2 aliphatic heterocycles. The zero-order chi connectivity index (χ0) is 13.6. The lowest BCUT2D eigenvalue weighted by Crippen LogP contribution is -2.40. The summed E-state index contributed by atoms with van der Waals surface area (Å²) in [5.41, 5.74) is 4.31. The van der Waals surface area contributed by atoms with Crippen molar-refractivity contribution in [3.8, 4) is 0 Å². The molecule has 3 atom stereocenters. The average Bonchev–Trinajstić information content (AvgIpc) is 2.90. The third-order valence-electron chi connectivity index (χ3n) is 5.04. The van der Waals surface area contributed by atoms with Gasteiger partial charge in [-0.2, -0.15) is 0 Å². The molecular formula is C18H22Cl2N2. The van der Waals surface area contributed by atoms with E-state index in [0.29, 0.717) is 12.1 Å². The van der Waals surface area contributed by atoms with Crippen LogP contribution in [0.2, 0.25) is 0 Å². The van der Waals surface area contributed by atoms with Gasteiger partial charge in [-0.1, -0.05) is 55.5 Å². The number of para-hydroxylation sites is 1. The van der Waals surface area contributed by atoms with Crippen molar-refractivity contribution in [3.63, 3.8) is 0 Å². The molecule has 2 N–H and O–H groups in total. The summed E-state index contributed by atoms with van der Waals surface area (Å²) in [5, 5.41) is 7.50. The Morgan fingerprint density at radius 2 is 1.59 bits per heavy atom. The Morgan fingerprint density at radius 3 is 2.36 bits per heavy atom. The van der Waals surface area contributed by atoms with E-state index < -0.39 is 0 Å². The molecule has 0 saturated carbocycles. The maximum absolute atomic E-state index is 3.79. The Kier molecular flexibility index (Phi) is 5.06. The van der Waals surface area contributed by atoms with Crippen LogP contribution in [0.1, 0.15) is 36.6 Å². The van der Waals surface area contributed by atoms with E-state index in [1.807, 2.05) is 0 Å². The van der Waals surface area contributed by atoms with E-state index >= 15 is 0 Å². The quantitative estimate of drug-likeness (QED) is 0.786. The summed E-state index contributed by atoms with van der Waals surface area (Å²) in [5.74, 6) is 0. The number of hydrogen-bond donors (Lipinski definition) is 2. The van der Waals surface area contributed by atoms with Gasteiger partial charge in [-0.05, 0) is 30.2 Å². The minimum absolute atomic E-state index is 0. The second kappa shape index (κ2) is 6.49. The first-order valence-electron chi connectivity index (χ1n) is 7.43. The Balaban J connectivity index is 0.000000882. The number of rotatable bonds is 1. The molecule has 2 aromatic carbocycles. The molecule has 2 heterocycles. The van der Waals surface area contributed by atoms with Gasteiger partial charge < -0.3 is 10.6 Å². The maximum Gasteiger partial charge on any atom is 0.0586 e. The van der Waals surface area contributed by atoms with Gasteiger partial charge in [0.15, 0.2) is 0 Å². The van der Waals surface area contributed by atoms with Crippen LogP contribution in [0, 0.1) is 5.41 Å². The normalized spacial score (nSPS) is 28.4. The van der Waals surface area contributed by atoms with Crippen LogP contribution in [0.5, 0.6) is 0 Å². The van der Waals surface area contributed by atoms with Crippen molar-refractivity contribution in [2.45, 2.75) is 25.4 Å². The molecule has 0 aromatic heterocycles. The molecule has 0 bridgehead atoms. The first kappa shape index (κ1) is 17.1. The van der Waals surface area contributed by atoms with Gasteiger partial charge in [0.05, 0.1) is 6.04 Å². The number of nitrogens with one attached hydrogen (secondary N) is 2. The molecule has 0 radical (unpaired) electrons. The SMILES string of the molecule is CC12CCNC1c1ccccc1NC2c1ccccc1.Cl.Cl. The first-order valence-corrected chi connectivity index (χ1v) is 7.43. The third kappa shape index (κ3) is 2.50. The van der Waals surface area contributed by atoms with E-state index in [0.717, 1.165) is 6.54 Å². The van der Waals surface area contributed by atoms with Gasteiger partial charge in [0.2, 0.25) is 0 Å². The van der Waals surface area contributed by atoms with Gasteiger partial charge in [0, 0.05) is 17.1 Å². The molecule has 0 aliphatic carbocycles. The molecule has 4 heteroatoms. The summed E-state index contributed by atoms with van der Waals surface area (Å²) in [6, 6.07) is 20.4. The summed E-state index contributed by atoms with van der Waals surface area (Å²) in [6.07, 6.45) is 1.21.